The molecule has 1 aliphatic rings. The molecule has 0 saturated heterocycles. The molecule has 148 valence electrons. The molecule has 4 nitrogen and oxygen atoms in total. The maximum Gasteiger partial charge on any atom is 0.430 e. The monoisotopic (exact) mass is 399 g/mol. The average molecular weight is 399 g/mol. The highest BCUT2D eigenvalue weighted by molar-refractivity contribution is 5.87. The van der Waals surface area contributed by atoms with Crippen LogP contribution in [-0.4, -0.2) is 33.1 Å². The molecular formula is C16H12F7NO3. The smallest absolute Gasteiger partial charge is 0.430 e. The Morgan fingerprint density at radius 3 is 2.22 bits per heavy atom. The minimum Gasteiger partial charge on any atom is -0.481 e. The largest absolute Gasteiger partial charge is 0.481 e. The van der Waals surface area contributed by atoms with E-state index in [4.69, 9.17) is 5.11 Å². The Kier molecular flexibility index (Phi) is 4.21. The first-order chi connectivity index (χ1) is 12.3. The number of aryl methyl sites for hydroxylation is 1. The van der Waals surface area contributed by atoms with Gasteiger partial charge < -0.3 is 14.8 Å². The van der Waals surface area contributed by atoms with Crippen LogP contribution in [0.4, 0.5) is 30.7 Å². The zero-order valence-corrected chi connectivity index (χ0v) is 13.3. The molecule has 2 heterocycles. The minimum absolute atomic E-state index is 0.00520. The molecule has 3 rings (SSSR count). The molecule has 1 unspecified atom stereocenters. The van der Waals surface area contributed by atoms with Gasteiger partial charge in [-0.25, -0.2) is 4.39 Å². The molecule has 11 heteroatoms. The number of aromatic nitrogens is 1. The molecule has 0 spiro atoms. The van der Waals surface area contributed by atoms with Crippen molar-refractivity contribution in [2.75, 3.05) is 0 Å². The van der Waals surface area contributed by atoms with E-state index in [0.29, 0.717) is 6.42 Å². The average Bonchev–Trinajstić information content (AvgIpc) is 3.03. The summed E-state index contributed by atoms with van der Waals surface area (Å²) in [5.74, 6) is -3.21. The van der Waals surface area contributed by atoms with Gasteiger partial charge in [0.1, 0.15) is 5.82 Å². The fraction of sp³-hybridized carbons (Fsp3) is 0.438. The van der Waals surface area contributed by atoms with Crippen LogP contribution in [-0.2, 0) is 16.9 Å². The number of carboxylic acid groups (broad SMARTS) is 1. The van der Waals surface area contributed by atoms with Gasteiger partial charge in [-0.3, -0.25) is 4.79 Å². The number of aliphatic hydroxyl groups is 1. The molecule has 0 amide bonds. The van der Waals surface area contributed by atoms with Gasteiger partial charge in [-0.05, 0) is 24.6 Å². The van der Waals surface area contributed by atoms with Crippen LogP contribution in [0.5, 0.6) is 0 Å². The Balaban J connectivity index is 2.31. The summed E-state index contributed by atoms with van der Waals surface area (Å²) in [5, 5.41) is 17.9. The van der Waals surface area contributed by atoms with Crippen LogP contribution >= 0.6 is 0 Å². The number of nitrogens with zero attached hydrogens (tertiary/aromatic N) is 1. The van der Waals surface area contributed by atoms with E-state index in [-0.39, 0.29) is 30.2 Å². The third-order valence-electron chi connectivity index (χ3n) is 4.77. The summed E-state index contributed by atoms with van der Waals surface area (Å²) in [5.41, 5.74) is -7.02. The molecule has 1 aromatic carbocycles. The highest BCUT2D eigenvalue weighted by atomic mass is 19.4. The summed E-state index contributed by atoms with van der Waals surface area (Å²) in [6, 6.07) is 1.73. The summed E-state index contributed by atoms with van der Waals surface area (Å²) in [7, 11) is 0. The zero-order chi connectivity index (χ0) is 20.4. The molecule has 1 atom stereocenters. The van der Waals surface area contributed by atoms with Crippen molar-refractivity contribution in [1.82, 2.24) is 4.57 Å². The molecular weight excluding hydrogens is 387 g/mol. The van der Waals surface area contributed by atoms with Gasteiger partial charge in [-0.15, -0.1) is 0 Å². The number of halogens is 7. The maximum absolute atomic E-state index is 13.9. The second-order valence-electron chi connectivity index (χ2n) is 6.40. The molecule has 1 aliphatic heterocycles. The normalized spacial score (nSPS) is 18.1. The van der Waals surface area contributed by atoms with Crippen molar-refractivity contribution in [2.45, 2.75) is 43.3 Å². The lowest BCUT2D eigenvalue weighted by Gasteiger charge is -2.33. The van der Waals surface area contributed by atoms with Gasteiger partial charge in [-0.2, -0.15) is 26.3 Å². The van der Waals surface area contributed by atoms with Gasteiger partial charge >= 0.3 is 18.3 Å². The number of hydrogen-bond donors (Lipinski definition) is 2. The van der Waals surface area contributed by atoms with Crippen molar-refractivity contribution >= 4 is 16.9 Å². The topological polar surface area (TPSA) is 62.5 Å². The van der Waals surface area contributed by atoms with E-state index in [1.165, 1.54) is 4.57 Å². The number of carbonyl (C=O) groups is 1. The number of benzene rings is 1. The molecule has 0 aliphatic carbocycles. The van der Waals surface area contributed by atoms with Crippen LogP contribution in [0.3, 0.4) is 0 Å². The molecule has 2 N–H and O–H groups in total. The Morgan fingerprint density at radius 2 is 1.70 bits per heavy atom. The first kappa shape index (κ1) is 19.5. The number of hydrogen-bond acceptors (Lipinski definition) is 2. The quantitative estimate of drug-likeness (QED) is 0.766. The predicted molar refractivity (Wildman–Crippen MR) is 77.5 cm³/mol. The number of rotatable bonds is 3. The number of carboxylic acids is 1. The Bertz CT molecular complexity index is 899. The van der Waals surface area contributed by atoms with E-state index in [1.807, 2.05) is 0 Å². The number of fused-ring (bicyclic) bond motifs is 3. The van der Waals surface area contributed by atoms with E-state index in [2.05, 4.69) is 0 Å². The van der Waals surface area contributed by atoms with E-state index >= 15 is 0 Å². The predicted octanol–water partition coefficient (Wildman–Crippen LogP) is 4.05. The Morgan fingerprint density at radius 1 is 1.11 bits per heavy atom. The fourth-order valence-electron chi connectivity index (χ4n) is 3.55. The van der Waals surface area contributed by atoms with E-state index in [1.54, 1.807) is 0 Å². The third-order valence-corrected chi connectivity index (χ3v) is 4.77. The van der Waals surface area contributed by atoms with E-state index < -0.39 is 46.6 Å². The highest BCUT2D eigenvalue weighted by Crippen LogP contribution is 2.52. The Hall–Kier alpha value is -2.30. The van der Waals surface area contributed by atoms with Gasteiger partial charge in [0.05, 0.1) is 11.9 Å². The van der Waals surface area contributed by atoms with Crippen molar-refractivity contribution in [3.05, 3.63) is 35.3 Å². The Labute approximate surface area is 146 Å². The SMILES string of the molecule is O=C(O)CC1CCn2c1cc1c(C(O)(C(F)(F)F)C(F)(F)F)cc(F)cc12. The summed E-state index contributed by atoms with van der Waals surface area (Å²) < 4.78 is 94.5. The van der Waals surface area contributed by atoms with Gasteiger partial charge in [0.15, 0.2) is 0 Å². The summed E-state index contributed by atoms with van der Waals surface area (Å²) in [6.45, 7) is 0.107. The number of aliphatic carboxylic acids is 1. The lowest BCUT2D eigenvalue weighted by Crippen LogP contribution is -2.54. The first-order valence-electron chi connectivity index (χ1n) is 7.68. The second kappa shape index (κ2) is 5.85. The van der Waals surface area contributed by atoms with Crippen LogP contribution < -0.4 is 0 Å². The first-order valence-corrected chi connectivity index (χ1v) is 7.68. The standard InChI is InChI=1S/C16H12F7NO3/c17-8-4-10(14(27,15(18,19)20)16(21,22)23)9-6-11-7(3-13(25)26)1-2-24(11)12(9)5-8/h4-7,27H,1-3H2,(H,25,26). The lowest BCUT2D eigenvalue weighted by atomic mass is 9.89. The van der Waals surface area contributed by atoms with Crippen molar-refractivity contribution < 1.29 is 45.7 Å². The van der Waals surface area contributed by atoms with E-state index in [0.717, 1.165) is 12.1 Å². The fourth-order valence-corrected chi connectivity index (χ4v) is 3.55. The third kappa shape index (κ3) is 2.84. The summed E-state index contributed by atoms with van der Waals surface area (Å²) in [6.07, 6.45) is -12.4. The molecule has 27 heavy (non-hydrogen) atoms. The summed E-state index contributed by atoms with van der Waals surface area (Å²) >= 11 is 0. The lowest BCUT2D eigenvalue weighted by molar-refractivity contribution is -0.375. The maximum atomic E-state index is 13.9. The molecule has 0 bridgehead atoms. The molecule has 0 saturated carbocycles. The molecule has 2 aromatic rings. The van der Waals surface area contributed by atoms with Crippen molar-refractivity contribution in [1.29, 1.82) is 0 Å². The van der Waals surface area contributed by atoms with Crippen molar-refractivity contribution in [2.24, 2.45) is 0 Å². The molecule has 0 radical (unpaired) electrons. The van der Waals surface area contributed by atoms with Crippen LogP contribution in [0.2, 0.25) is 0 Å². The van der Waals surface area contributed by atoms with Crippen LogP contribution in [0.15, 0.2) is 18.2 Å². The highest BCUT2D eigenvalue weighted by Gasteiger charge is 2.72. The molecule has 0 fully saturated rings. The van der Waals surface area contributed by atoms with Gasteiger partial charge in [0.25, 0.3) is 5.60 Å². The minimum atomic E-state index is -6.15. The zero-order valence-electron chi connectivity index (χ0n) is 13.3. The van der Waals surface area contributed by atoms with Crippen molar-refractivity contribution in [3.63, 3.8) is 0 Å². The summed E-state index contributed by atoms with van der Waals surface area (Å²) in [4.78, 5) is 10.9. The van der Waals surface area contributed by atoms with Gasteiger partial charge in [0.2, 0.25) is 0 Å². The van der Waals surface area contributed by atoms with Crippen LogP contribution in [0, 0.1) is 5.82 Å². The van der Waals surface area contributed by atoms with Crippen LogP contribution in [0.1, 0.15) is 30.0 Å². The van der Waals surface area contributed by atoms with E-state index in [9.17, 15) is 40.6 Å². The van der Waals surface area contributed by atoms with Gasteiger partial charge in [-0.1, -0.05) is 0 Å². The van der Waals surface area contributed by atoms with Crippen LogP contribution in [0.25, 0.3) is 10.9 Å². The van der Waals surface area contributed by atoms with Gasteiger partial charge in [0, 0.05) is 29.1 Å². The number of alkyl halides is 6. The second-order valence-corrected chi connectivity index (χ2v) is 6.40. The van der Waals surface area contributed by atoms with Crippen molar-refractivity contribution in [3.8, 4) is 0 Å². The molecule has 1 aromatic heterocycles.